The summed E-state index contributed by atoms with van der Waals surface area (Å²) in [6.07, 6.45) is 0. The van der Waals surface area contributed by atoms with Crippen LogP contribution in [0.5, 0.6) is 5.75 Å². The number of hydrogen-bond donors (Lipinski definition) is 1. The molecule has 1 aliphatic rings. The van der Waals surface area contributed by atoms with Gasteiger partial charge in [0.2, 0.25) is 0 Å². The molecule has 0 spiro atoms. The number of fused-ring (bicyclic) bond motifs is 1. The molecule has 0 aromatic heterocycles. The molecule has 1 unspecified atom stereocenters. The molecule has 5 heteroatoms. The van der Waals surface area contributed by atoms with E-state index in [0.29, 0.717) is 4.90 Å². The largest absolute Gasteiger partial charge is 0.497 e. The minimum atomic E-state index is -3.19. The number of aryl methyl sites for hydroxylation is 1. The highest BCUT2D eigenvalue weighted by molar-refractivity contribution is 7.91. The van der Waals surface area contributed by atoms with Gasteiger partial charge in [0.05, 0.1) is 23.8 Å². The number of ether oxygens (including phenoxy) is 1. The van der Waals surface area contributed by atoms with E-state index >= 15 is 0 Å². The molecule has 1 N–H and O–H groups in total. The summed E-state index contributed by atoms with van der Waals surface area (Å²) in [7, 11) is -1.56. The van der Waals surface area contributed by atoms with Crippen molar-refractivity contribution in [3.8, 4) is 5.75 Å². The van der Waals surface area contributed by atoms with Crippen molar-refractivity contribution in [1.29, 1.82) is 0 Å². The van der Waals surface area contributed by atoms with Gasteiger partial charge in [-0.3, -0.25) is 0 Å². The Bertz CT molecular complexity index is 784. The lowest BCUT2D eigenvalue weighted by molar-refractivity contribution is 0.414. The van der Waals surface area contributed by atoms with Crippen molar-refractivity contribution in [3.05, 3.63) is 53.6 Å². The quantitative estimate of drug-likeness (QED) is 0.947. The van der Waals surface area contributed by atoms with Gasteiger partial charge in [0, 0.05) is 5.69 Å². The smallest absolute Gasteiger partial charge is 0.181 e. The van der Waals surface area contributed by atoms with Gasteiger partial charge in [-0.1, -0.05) is 18.2 Å². The first-order chi connectivity index (χ1) is 10.0. The van der Waals surface area contributed by atoms with Crippen molar-refractivity contribution in [2.24, 2.45) is 0 Å². The highest BCUT2D eigenvalue weighted by Crippen LogP contribution is 2.36. The summed E-state index contributed by atoms with van der Waals surface area (Å²) in [6, 6.07) is 12.7. The Kier molecular flexibility index (Phi) is 3.37. The topological polar surface area (TPSA) is 55.4 Å². The Morgan fingerprint density at radius 3 is 2.67 bits per heavy atom. The Morgan fingerprint density at radius 2 is 1.95 bits per heavy atom. The van der Waals surface area contributed by atoms with Crippen LogP contribution >= 0.6 is 0 Å². The van der Waals surface area contributed by atoms with E-state index in [0.717, 1.165) is 22.6 Å². The molecule has 110 valence electrons. The molecule has 2 aromatic carbocycles. The standard InChI is InChI=1S/C16H17NO3S/c1-11-9-12(20-2)7-8-14(11)17-15-10-21(18,19)16-6-4-3-5-13(15)16/h3-9,15,17H,10H2,1-2H3. The summed E-state index contributed by atoms with van der Waals surface area (Å²) >= 11 is 0. The molecular weight excluding hydrogens is 286 g/mol. The van der Waals surface area contributed by atoms with Gasteiger partial charge >= 0.3 is 0 Å². The minimum Gasteiger partial charge on any atom is -0.497 e. The molecule has 0 aliphatic carbocycles. The molecule has 1 aliphatic heterocycles. The highest BCUT2D eigenvalue weighted by Gasteiger charge is 2.34. The van der Waals surface area contributed by atoms with Crippen molar-refractivity contribution < 1.29 is 13.2 Å². The van der Waals surface area contributed by atoms with Gasteiger partial charge < -0.3 is 10.1 Å². The summed E-state index contributed by atoms with van der Waals surface area (Å²) in [5.74, 6) is 0.884. The van der Waals surface area contributed by atoms with Crippen LogP contribution in [-0.4, -0.2) is 21.3 Å². The summed E-state index contributed by atoms with van der Waals surface area (Å²) in [5, 5.41) is 3.34. The molecule has 3 rings (SSSR count). The van der Waals surface area contributed by atoms with E-state index in [4.69, 9.17) is 4.74 Å². The van der Waals surface area contributed by atoms with E-state index in [1.807, 2.05) is 37.3 Å². The molecule has 0 saturated carbocycles. The molecular formula is C16H17NO3S. The predicted octanol–water partition coefficient (Wildman–Crippen LogP) is 2.94. The third kappa shape index (κ3) is 2.49. The van der Waals surface area contributed by atoms with E-state index in [9.17, 15) is 8.42 Å². The summed E-state index contributed by atoms with van der Waals surface area (Å²) < 4.78 is 29.5. The molecule has 1 heterocycles. The molecule has 0 fully saturated rings. The summed E-state index contributed by atoms with van der Waals surface area (Å²) in [6.45, 7) is 1.97. The summed E-state index contributed by atoms with van der Waals surface area (Å²) in [4.78, 5) is 0.439. The van der Waals surface area contributed by atoms with Crippen LogP contribution in [0.3, 0.4) is 0 Å². The van der Waals surface area contributed by atoms with Gasteiger partial charge in [0.25, 0.3) is 0 Å². The van der Waals surface area contributed by atoms with Crippen molar-refractivity contribution in [1.82, 2.24) is 0 Å². The minimum absolute atomic E-state index is 0.0951. The number of anilines is 1. The van der Waals surface area contributed by atoms with Gasteiger partial charge in [0.15, 0.2) is 9.84 Å². The Morgan fingerprint density at radius 1 is 1.19 bits per heavy atom. The van der Waals surface area contributed by atoms with Crippen LogP contribution < -0.4 is 10.1 Å². The van der Waals surface area contributed by atoms with Crippen LogP contribution in [0.4, 0.5) is 5.69 Å². The first-order valence-corrected chi connectivity index (χ1v) is 8.39. The second-order valence-corrected chi connectivity index (χ2v) is 7.20. The zero-order valence-electron chi connectivity index (χ0n) is 12.0. The SMILES string of the molecule is COc1ccc(NC2CS(=O)(=O)c3ccccc32)c(C)c1. The first-order valence-electron chi connectivity index (χ1n) is 6.74. The third-order valence-corrected chi connectivity index (χ3v) is 5.59. The van der Waals surface area contributed by atoms with Crippen molar-refractivity contribution in [3.63, 3.8) is 0 Å². The van der Waals surface area contributed by atoms with Gasteiger partial charge in [-0.2, -0.15) is 0 Å². The summed E-state index contributed by atoms with van der Waals surface area (Å²) in [5.41, 5.74) is 2.79. The van der Waals surface area contributed by atoms with Crippen molar-refractivity contribution >= 4 is 15.5 Å². The van der Waals surface area contributed by atoms with E-state index in [1.54, 1.807) is 19.2 Å². The average molecular weight is 303 g/mol. The molecule has 0 amide bonds. The van der Waals surface area contributed by atoms with Gasteiger partial charge in [-0.15, -0.1) is 0 Å². The second kappa shape index (κ2) is 5.07. The van der Waals surface area contributed by atoms with Crippen molar-refractivity contribution in [2.45, 2.75) is 17.9 Å². The highest BCUT2D eigenvalue weighted by atomic mass is 32.2. The fourth-order valence-corrected chi connectivity index (χ4v) is 4.42. The third-order valence-electron chi connectivity index (χ3n) is 3.78. The number of nitrogens with one attached hydrogen (secondary N) is 1. The molecule has 0 saturated heterocycles. The molecule has 21 heavy (non-hydrogen) atoms. The van der Waals surface area contributed by atoms with E-state index in [-0.39, 0.29) is 11.8 Å². The fourth-order valence-electron chi connectivity index (χ4n) is 2.68. The molecule has 2 aromatic rings. The van der Waals surface area contributed by atoms with Crippen LogP contribution in [0.25, 0.3) is 0 Å². The maximum Gasteiger partial charge on any atom is 0.181 e. The lowest BCUT2D eigenvalue weighted by Gasteiger charge is -2.16. The van der Waals surface area contributed by atoms with E-state index in [1.165, 1.54) is 0 Å². The van der Waals surface area contributed by atoms with Gasteiger partial charge in [0.1, 0.15) is 5.75 Å². The van der Waals surface area contributed by atoms with Crippen molar-refractivity contribution in [2.75, 3.05) is 18.2 Å². The van der Waals surface area contributed by atoms with Crippen LogP contribution in [0, 0.1) is 6.92 Å². The Labute approximate surface area is 124 Å². The average Bonchev–Trinajstić information content (AvgIpc) is 2.73. The van der Waals surface area contributed by atoms with Gasteiger partial charge in [-0.05, 0) is 42.3 Å². The number of rotatable bonds is 3. The Balaban J connectivity index is 1.94. The zero-order chi connectivity index (χ0) is 15.0. The van der Waals surface area contributed by atoms with E-state index in [2.05, 4.69) is 5.32 Å². The maximum atomic E-state index is 12.2. The van der Waals surface area contributed by atoms with Gasteiger partial charge in [-0.25, -0.2) is 8.42 Å². The monoisotopic (exact) mass is 303 g/mol. The van der Waals surface area contributed by atoms with E-state index < -0.39 is 9.84 Å². The molecule has 0 radical (unpaired) electrons. The lowest BCUT2D eigenvalue weighted by Crippen LogP contribution is -2.13. The first kappa shape index (κ1) is 13.9. The van der Waals surface area contributed by atoms with Crippen LogP contribution in [0.15, 0.2) is 47.4 Å². The number of sulfone groups is 1. The number of hydrogen-bond acceptors (Lipinski definition) is 4. The number of benzene rings is 2. The zero-order valence-corrected chi connectivity index (χ0v) is 12.8. The van der Waals surface area contributed by atoms with Crippen LogP contribution in [0.1, 0.15) is 17.2 Å². The molecule has 0 bridgehead atoms. The van der Waals surface area contributed by atoms with Crippen LogP contribution in [-0.2, 0) is 9.84 Å². The predicted molar refractivity (Wildman–Crippen MR) is 82.6 cm³/mol. The lowest BCUT2D eigenvalue weighted by atomic mass is 10.1. The normalized spacial score (nSPS) is 19.0. The van der Waals surface area contributed by atoms with Crippen LogP contribution in [0.2, 0.25) is 0 Å². The maximum absolute atomic E-state index is 12.2. The Hall–Kier alpha value is -2.01. The number of methoxy groups -OCH3 is 1. The molecule has 1 atom stereocenters. The fraction of sp³-hybridized carbons (Fsp3) is 0.250. The second-order valence-electron chi connectivity index (χ2n) is 5.20. The molecule has 4 nitrogen and oxygen atoms in total.